The molecule has 0 aliphatic carbocycles. The van der Waals surface area contributed by atoms with Gasteiger partial charge in [-0.3, -0.25) is 9.48 Å². The van der Waals surface area contributed by atoms with Gasteiger partial charge in [0.25, 0.3) is 5.91 Å². The molecule has 0 fully saturated rings. The van der Waals surface area contributed by atoms with Gasteiger partial charge in [0.15, 0.2) is 0 Å². The molecule has 0 radical (unpaired) electrons. The fourth-order valence-corrected chi connectivity index (χ4v) is 1.76. The first kappa shape index (κ1) is 14.5. The minimum atomic E-state index is -1.01. The number of benzene rings is 1. The van der Waals surface area contributed by atoms with Gasteiger partial charge >= 0.3 is 5.97 Å². The maximum absolute atomic E-state index is 12.0. The van der Waals surface area contributed by atoms with E-state index < -0.39 is 5.97 Å². The maximum atomic E-state index is 12.0. The number of hydrogen-bond acceptors (Lipinski definition) is 3. The van der Waals surface area contributed by atoms with E-state index in [1.807, 2.05) is 13.2 Å². The summed E-state index contributed by atoms with van der Waals surface area (Å²) in [7, 11) is 1.81. The molecule has 0 atom stereocenters. The quantitative estimate of drug-likeness (QED) is 0.814. The molecule has 6 nitrogen and oxygen atoms in total. The zero-order valence-corrected chi connectivity index (χ0v) is 11.5. The van der Waals surface area contributed by atoms with Crippen LogP contribution >= 0.6 is 0 Å². The molecular formula is C15H15N3O3. The number of nitrogens with one attached hydrogen (secondary N) is 1. The summed E-state index contributed by atoms with van der Waals surface area (Å²) in [6.45, 7) is 0.410. The highest BCUT2D eigenvalue weighted by Crippen LogP contribution is 2.07. The van der Waals surface area contributed by atoms with Gasteiger partial charge in [0.1, 0.15) is 0 Å². The Bertz CT molecular complexity index is 672. The standard InChI is InChI=1S/C15H15N3O3/c1-18-10-12(9-17-18)8-16-15(21)13-5-2-11(3-6-13)4-7-14(19)20/h2-7,9-10H,8H2,1H3,(H,16,21)(H,19,20). The summed E-state index contributed by atoms with van der Waals surface area (Å²) in [6.07, 6.45) is 6.05. The van der Waals surface area contributed by atoms with Crippen LogP contribution in [0.1, 0.15) is 21.5 Å². The van der Waals surface area contributed by atoms with E-state index in [0.717, 1.165) is 17.2 Å². The number of aliphatic carboxylic acids is 1. The van der Waals surface area contributed by atoms with Crippen molar-refractivity contribution in [2.75, 3.05) is 0 Å². The number of carbonyl (C=O) groups excluding carboxylic acids is 1. The van der Waals surface area contributed by atoms with Gasteiger partial charge in [0.2, 0.25) is 0 Å². The molecule has 108 valence electrons. The molecule has 6 heteroatoms. The summed E-state index contributed by atoms with van der Waals surface area (Å²) in [5.74, 6) is -1.19. The zero-order valence-electron chi connectivity index (χ0n) is 11.5. The minimum absolute atomic E-state index is 0.187. The lowest BCUT2D eigenvalue weighted by Crippen LogP contribution is -2.22. The Labute approximate surface area is 121 Å². The first-order valence-corrected chi connectivity index (χ1v) is 6.31. The van der Waals surface area contributed by atoms with Crippen molar-refractivity contribution < 1.29 is 14.7 Å². The molecule has 0 spiro atoms. The zero-order chi connectivity index (χ0) is 15.2. The average Bonchev–Trinajstić information content (AvgIpc) is 2.89. The molecular weight excluding hydrogens is 270 g/mol. The Morgan fingerprint density at radius 1 is 1.33 bits per heavy atom. The molecule has 0 aliphatic heterocycles. The van der Waals surface area contributed by atoms with Gasteiger partial charge < -0.3 is 10.4 Å². The predicted molar refractivity (Wildman–Crippen MR) is 77.5 cm³/mol. The van der Waals surface area contributed by atoms with Crippen LogP contribution in [0.25, 0.3) is 6.08 Å². The van der Waals surface area contributed by atoms with Gasteiger partial charge in [-0.15, -0.1) is 0 Å². The summed E-state index contributed by atoms with van der Waals surface area (Å²) in [5.41, 5.74) is 2.17. The second kappa shape index (κ2) is 6.51. The molecule has 0 saturated carbocycles. The Morgan fingerprint density at radius 3 is 2.62 bits per heavy atom. The van der Waals surface area contributed by atoms with Crippen molar-refractivity contribution in [2.45, 2.75) is 6.54 Å². The van der Waals surface area contributed by atoms with E-state index in [1.54, 1.807) is 35.1 Å². The third kappa shape index (κ3) is 4.31. The summed E-state index contributed by atoms with van der Waals surface area (Å²) >= 11 is 0. The molecule has 2 rings (SSSR count). The molecule has 1 amide bonds. The van der Waals surface area contributed by atoms with Crippen molar-refractivity contribution >= 4 is 18.0 Å². The number of amides is 1. The summed E-state index contributed by atoms with van der Waals surface area (Å²) < 4.78 is 1.67. The van der Waals surface area contributed by atoms with Gasteiger partial charge in [-0.1, -0.05) is 12.1 Å². The van der Waals surface area contributed by atoms with E-state index in [2.05, 4.69) is 10.4 Å². The highest BCUT2D eigenvalue weighted by Gasteiger charge is 2.05. The van der Waals surface area contributed by atoms with E-state index >= 15 is 0 Å². The van der Waals surface area contributed by atoms with Crippen LogP contribution < -0.4 is 5.32 Å². The van der Waals surface area contributed by atoms with Gasteiger partial charge in [-0.2, -0.15) is 5.10 Å². The summed E-state index contributed by atoms with van der Waals surface area (Å²) in [6, 6.07) is 6.69. The van der Waals surface area contributed by atoms with Crippen molar-refractivity contribution in [2.24, 2.45) is 7.05 Å². The lowest BCUT2D eigenvalue weighted by atomic mass is 10.1. The molecule has 2 aromatic rings. The minimum Gasteiger partial charge on any atom is -0.478 e. The van der Waals surface area contributed by atoms with E-state index in [4.69, 9.17) is 5.11 Å². The van der Waals surface area contributed by atoms with Crippen LogP contribution in [-0.2, 0) is 18.4 Å². The normalized spacial score (nSPS) is 10.7. The highest BCUT2D eigenvalue weighted by molar-refractivity contribution is 5.94. The Kier molecular flexibility index (Phi) is 4.50. The summed E-state index contributed by atoms with van der Waals surface area (Å²) in [4.78, 5) is 22.4. The lowest BCUT2D eigenvalue weighted by molar-refractivity contribution is -0.131. The average molecular weight is 285 g/mol. The molecule has 1 aromatic carbocycles. The van der Waals surface area contributed by atoms with Crippen molar-refractivity contribution in [3.63, 3.8) is 0 Å². The molecule has 0 bridgehead atoms. The smallest absolute Gasteiger partial charge is 0.328 e. The van der Waals surface area contributed by atoms with Crippen molar-refractivity contribution in [1.29, 1.82) is 0 Å². The number of carbonyl (C=O) groups is 2. The third-order valence-electron chi connectivity index (χ3n) is 2.80. The molecule has 0 unspecified atom stereocenters. The van der Waals surface area contributed by atoms with Gasteiger partial charge in [0, 0.05) is 37.0 Å². The number of hydrogen-bond donors (Lipinski definition) is 2. The molecule has 0 saturated heterocycles. The number of nitrogens with zero attached hydrogens (tertiary/aromatic N) is 2. The SMILES string of the molecule is Cn1cc(CNC(=O)c2ccc(C=CC(=O)O)cc2)cn1. The third-order valence-corrected chi connectivity index (χ3v) is 2.80. The van der Waals surface area contributed by atoms with E-state index in [9.17, 15) is 9.59 Å². The van der Waals surface area contributed by atoms with E-state index in [1.165, 1.54) is 6.08 Å². The molecule has 1 aromatic heterocycles. The van der Waals surface area contributed by atoms with E-state index in [-0.39, 0.29) is 5.91 Å². The van der Waals surface area contributed by atoms with Gasteiger partial charge in [-0.05, 0) is 23.8 Å². The fraction of sp³-hybridized carbons (Fsp3) is 0.133. The maximum Gasteiger partial charge on any atom is 0.328 e. The number of rotatable bonds is 5. The predicted octanol–water partition coefficient (Wildman–Crippen LogP) is 1.45. The monoisotopic (exact) mass is 285 g/mol. The number of aromatic nitrogens is 2. The second-order valence-electron chi connectivity index (χ2n) is 4.50. The molecule has 21 heavy (non-hydrogen) atoms. The first-order valence-electron chi connectivity index (χ1n) is 6.31. The van der Waals surface area contributed by atoms with Crippen LogP contribution in [0.5, 0.6) is 0 Å². The van der Waals surface area contributed by atoms with Gasteiger partial charge in [0.05, 0.1) is 6.20 Å². The number of carboxylic acid groups (broad SMARTS) is 1. The van der Waals surface area contributed by atoms with Crippen LogP contribution in [0.3, 0.4) is 0 Å². The second-order valence-corrected chi connectivity index (χ2v) is 4.50. The fourth-order valence-electron chi connectivity index (χ4n) is 1.76. The number of carboxylic acids is 1. The first-order chi connectivity index (χ1) is 10.0. The number of aryl methyl sites for hydroxylation is 1. The van der Waals surface area contributed by atoms with E-state index in [0.29, 0.717) is 12.1 Å². The highest BCUT2D eigenvalue weighted by atomic mass is 16.4. The summed E-state index contributed by atoms with van der Waals surface area (Å²) in [5, 5.41) is 15.4. The van der Waals surface area contributed by atoms with Crippen LogP contribution in [0.2, 0.25) is 0 Å². The largest absolute Gasteiger partial charge is 0.478 e. The molecule has 1 heterocycles. The lowest BCUT2D eigenvalue weighted by Gasteiger charge is -2.04. The van der Waals surface area contributed by atoms with Crippen molar-refractivity contribution in [3.8, 4) is 0 Å². The van der Waals surface area contributed by atoms with Crippen LogP contribution in [0.15, 0.2) is 42.7 Å². The molecule has 2 N–H and O–H groups in total. The molecule has 0 aliphatic rings. The van der Waals surface area contributed by atoms with Crippen molar-refractivity contribution in [3.05, 3.63) is 59.4 Å². The Morgan fingerprint density at radius 2 is 2.05 bits per heavy atom. The van der Waals surface area contributed by atoms with Crippen molar-refractivity contribution in [1.82, 2.24) is 15.1 Å². The van der Waals surface area contributed by atoms with Gasteiger partial charge in [-0.25, -0.2) is 4.79 Å². The van der Waals surface area contributed by atoms with Crippen LogP contribution in [0.4, 0.5) is 0 Å². The van der Waals surface area contributed by atoms with Crippen LogP contribution in [-0.4, -0.2) is 26.8 Å². The Balaban J connectivity index is 1.95. The van der Waals surface area contributed by atoms with Crippen LogP contribution in [0, 0.1) is 0 Å². The topological polar surface area (TPSA) is 84.2 Å². The Hall–Kier alpha value is -2.89.